The van der Waals surface area contributed by atoms with Crippen molar-refractivity contribution in [2.75, 3.05) is 13.7 Å². The van der Waals surface area contributed by atoms with Crippen LogP contribution in [0.25, 0.3) is 6.08 Å². The van der Waals surface area contributed by atoms with Crippen molar-refractivity contribution < 1.29 is 28.7 Å². The number of imide groups is 1. The fraction of sp³-hybridized carbons (Fsp3) is 0.100. The third kappa shape index (κ3) is 4.47. The normalized spacial score (nSPS) is 15.0. The first kappa shape index (κ1) is 19.4. The second-order valence-electron chi connectivity index (χ2n) is 5.67. The van der Waals surface area contributed by atoms with Gasteiger partial charge in [-0.25, -0.2) is 4.79 Å². The number of rotatable bonds is 5. The van der Waals surface area contributed by atoms with Gasteiger partial charge in [0.25, 0.3) is 11.1 Å². The summed E-state index contributed by atoms with van der Waals surface area (Å²) in [7, 11) is 1.18. The van der Waals surface area contributed by atoms with Crippen LogP contribution in [0.3, 0.4) is 0 Å². The Morgan fingerprint density at radius 2 is 1.71 bits per heavy atom. The maximum absolute atomic E-state index is 12.3. The van der Waals surface area contributed by atoms with E-state index < -0.39 is 29.6 Å². The highest BCUT2D eigenvalue weighted by atomic mass is 32.2. The molecule has 0 aromatic heterocycles. The van der Waals surface area contributed by atoms with Crippen LogP contribution in [0.4, 0.5) is 4.79 Å². The van der Waals surface area contributed by atoms with Crippen LogP contribution in [0.2, 0.25) is 0 Å². The highest BCUT2D eigenvalue weighted by Crippen LogP contribution is 2.32. The largest absolute Gasteiger partial charge is 0.468 e. The van der Waals surface area contributed by atoms with Crippen molar-refractivity contribution in [1.29, 1.82) is 0 Å². The van der Waals surface area contributed by atoms with Crippen LogP contribution in [-0.2, 0) is 14.3 Å². The molecule has 0 spiro atoms. The van der Waals surface area contributed by atoms with E-state index >= 15 is 0 Å². The van der Waals surface area contributed by atoms with Gasteiger partial charge in [-0.05, 0) is 47.7 Å². The van der Waals surface area contributed by atoms with Gasteiger partial charge in [0.15, 0.2) is 0 Å². The zero-order valence-electron chi connectivity index (χ0n) is 14.8. The molecule has 28 heavy (non-hydrogen) atoms. The lowest BCUT2D eigenvalue weighted by atomic mass is 10.2. The van der Waals surface area contributed by atoms with Crippen molar-refractivity contribution in [3.05, 3.63) is 70.6 Å². The summed E-state index contributed by atoms with van der Waals surface area (Å²) >= 11 is 0.747. The molecule has 2 amide bonds. The Hall–Kier alpha value is -3.39. The summed E-state index contributed by atoms with van der Waals surface area (Å²) in [6, 6.07) is 15.1. The van der Waals surface area contributed by atoms with E-state index in [0.29, 0.717) is 16.9 Å². The molecule has 0 radical (unpaired) electrons. The minimum absolute atomic E-state index is 0.197. The number of carbonyl (C=O) groups excluding carboxylic acids is 4. The number of thioether (sulfide) groups is 1. The number of esters is 2. The lowest BCUT2D eigenvalue weighted by molar-refractivity contribution is -0.143. The van der Waals surface area contributed by atoms with Gasteiger partial charge in [0.05, 0.1) is 17.6 Å². The van der Waals surface area contributed by atoms with E-state index in [1.54, 1.807) is 54.6 Å². The number of methoxy groups -OCH3 is 1. The molecule has 0 atom stereocenters. The fourth-order valence-electron chi connectivity index (χ4n) is 2.35. The van der Waals surface area contributed by atoms with Crippen molar-refractivity contribution in [2.24, 2.45) is 0 Å². The summed E-state index contributed by atoms with van der Waals surface area (Å²) in [5.74, 6) is -1.35. The molecule has 2 aromatic carbocycles. The second kappa shape index (κ2) is 8.53. The van der Waals surface area contributed by atoms with Gasteiger partial charge in [0.1, 0.15) is 12.3 Å². The average molecular weight is 397 g/mol. The van der Waals surface area contributed by atoms with Crippen LogP contribution in [0.15, 0.2) is 59.5 Å². The van der Waals surface area contributed by atoms with Crippen LogP contribution in [0.5, 0.6) is 5.75 Å². The standard InChI is InChI=1S/C20H15NO6S/c1-26-17(22)12-21-18(23)16(28-20(21)25)11-13-7-9-15(10-8-13)27-19(24)14-5-3-2-4-6-14/h2-11H,12H2,1H3/b16-11-. The van der Waals surface area contributed by atoms with Crippen molar-refractivity contribution in [3.63, 3.8) is 0 Å². The molecule has 0 bridgehead atoms. The first-order chi connectivity index (χ1) is 13.5. The minimum atomic E-state index is -0.673. The van der Waals surface area contributed by atoms with Gasteiger partial charge < -0.3 is 9.47 Å². The van der Waals surface area contributed by atoms with E-state index in [1.807, 2.05) is 0 Å². The van der Waals surface area contributed by atoms with Crippen molar-refractivity contribution in [2.45, 2.75) is 0 Å². The molecule has 0 N–H and O–H groups in total. The van der Waals surface area contributed by atoms with Gasteiger partial charge >= 0.3 is 11.9 Å². The molecule has 0 unspecified atom stereocenters. The summed E-state index contributed by atoms with van der Waals surface area (Å²) in [6.45, 7) is -0.424. The van der Waals surface area contributed by atoms with Crippen LogP contribution in [0, 0.1) is 0 Å². The zero-order valence-corrected chi connectivity index (χ0v) is 15.6. The predicted octanol–water partition coefficient (Wildman–Crippen LogP) is 3.12. The van der Waals surface area contributed by atoms with Crippen LogP contribution in [-0.4, -0.2) is 41.6 Å². The number of amides is 2. The van der Waals surface area contributed by atoms with Gasteiger partial charge in [-0.2, -0.15) is 0 Å². The van der Waals surface area contributed by atoms with Gasteiger partial charge in [-0.3, -0.25) is 19.3 Å². The van der Waals surface area contributed by atoms with E-state index in [0.717, 1.165) is 16.7 Å². The Kier molecular flexibility index (Phi) is 5.90. The number of nitrogens with zero attached hydrogens (tertiary/aromatic N) is 1. The molecule has 8 heteroatoms. The topological polar surface area (TPSA) is 90.0 Å². The van der Waals surface area contributed by atoms with Crippen molar-refractivity contribution >= 4 is 40.9 Å². The van der Waals surface area contributed by atoms with Crippen LogP contribution < -0.4 is 4.74 Å². The lowest BCUT2D eigenvalue weighted by Crippen LogP contribution is -2.34. The Balaban J connectivity index is 1.68. The highest BCUT2D eigenvalue weighted by Gasteiger charge is 2.36. The Bertz CT molecular complexity index is 952. The molecule has 1 fully saturated rings. The maximum Gasteiger partial charge on any atom is 0.343 e. The van der Waals surface area contributed by atoms with Gasteiger partial charge in [-0.1, -0.05) is 30.3 Å². The molecule has 142 valence electrons. The predicted molar refractivity (Wildman–Crippen MR) is 103 cm³/mol. The van der Waals surface area contributed by atoms with Crippen LogP contribution >= 0.6 is 11.8 Å². The van der Waals surface area contributed by atoms with Gasteiger partial charge in [0, 0.05) is 0 Å². The van der Waals surface area contributed by atoms with Gasteiger partial charge in [0.2, 0.25) is 0 Å². The highest BCUT2D eigenvalue weighted by molar-refractivity contribution is 8.18. The lowest BCUT2D eigenvalue weighted by Gasteiger charge is -2.09. The summed E-state index contributed by atoms with van der Waals surface area (Å²) in [5, 5.41) is -0.532. The van der Waals surface area contributed by atoms with Gasteiger partial charge in [-0.15, -0.1) is 0 Å². The summed E-state index contributed by atoms with van der Waals surface area (Å²) < 4.78 is 9.78. The number of hydrogen-bond acceptors (Lipinski definition) is 7. The molecule has 3 rings (SSSR count). The molecule has 0 saturated carbocycles. The molecular weight excluding hydrogens is 382 g/mol. The molecule has 7 nitrogen and oxygen atoms in total. The monoisotopic (exact) mass is 397 g/mol. The Morgan fingerprint density at radius 1 is 1.04 bits per heavy atom. The first-order valence-corrected chi connectivity index (χ1v) is 8.99. The third-order valence-electron chi connectivity index (χ3n) is 3.79. The zero-order chi connectivity index (χ0) is 20.1. The molecular formula is C20H15NO6S. The summed E-state index contributed by atoms with van der Waals surface area (Å²) in [4.78, 5) is 48.6. The maximum atomic E-state index is 12.3. The van der Waals surface area contributed by atoms with E-state index in [2.05, 4.69) is 4.74 Å². The number of benzene rings is 2. The van der Waals surface area contributed by atoms with E-state index in [4.69, 9.17) is 4.74 Å². The third-order valence-corrected chi connectivity index (χ3v) is 4.69. The quantitative estimate of drug-likeness (QED) is 0.435. The molecule has 1 heterocycles. The number of hydrogen-bond donors (Lipinski definition) is 0. The first-order valence-electron chi connectivity index (χ1n) is 8.17. The van der Waals surface area contributed by atoms with E-state index in [-0.39, 0.29) is 4.91 Å². The summed E-state index contributed by atoms with van der Waals surface area (Å²) in [6.07, 6.45) is 1.53. The fourth-order valence-corrected chi connectivity index (χ4v) is 3.19. The van der Waals surface area contributed by atoms with E-state index in [9.17, 15) is 19.2 Å². The summed E-state index contributed by atoms with van der Waals surface area (Å²) in [5.41, 5.74) is 1.08. The Labute approximate surface area is 164 Å². The van der Waals surface area contributed by atoms with Crippen molar-refractivity contribution in [1.82, 2.24) is 4.90 Å². The Morgan fingerprint density at radius 3 is 2.36 bits per heavy atom. The van der Waals surface area contributed by atoms with Crippen LogP contribution in [0.1, 0.15) is 15.9 Å². The van der Waals surface area contributed by atoms with Crippen molar-refractivity contribution in [3.8, 4) is 5.75 Å². The number of ether oxygens (including phenoxy) is 2. The molecule has 0 aliphatic carbocycles. The SMILES string of the molecule is COC(=O)CN1C(=O)S/C(=C\c2ccc(OC(=O)c3ccccc3)cc2)C1=O. The molecule has 1 saturated heterocycles. The smallest absolute Gasteiger partial charge is 0.343 e. The molecule has 2 aromatic rings. The number of carbonyl (C=O) groups is 4. The second-order valence-corrected chi connectivity index (χ2v) is 6.66. The minimum Gasteiger partial charge on any atom is -0.468 e. The van der Waals surface area contributed by atoms with E-state index in [1.165, 1.54) is 13.2 Å². The molecule has 1 aliphatic heterocycles. The average Bonchev–Trinajstić information content (AvgIpc) is 2.97. The molecule has 1 aliphatic rings.